The normalized spacial score (nSPS) is 21.2. The second-order valence-corrected chi connectivity index (χ2v) is 9.62. The molecule has 0 bridgehead atoms. The Bertz CT molecular complexity index is 1160. The first-order valence-corrected chi connectivity index (χ1v) is 11.2. The Morgan fingerprint density at radius 3 is 2.63 bits per heavy atom. The summed E-state index contributed by atoms with van der Waals surface area (Å²) in [5, 5.41) is 11.1. The molecular weight excluding hydrogens is 408 g/mol. The van der Waals surface area contributed by atoms with E-state index in [0.29, 0.717) is 17.9 Å². The van der Waals surface area contributed by atoms with Gasteiger partial charge in [0.25, 0.3) is 15.8 Å². The number of nitrogens with zero attached hydrogens (tertiary/aromatic N) is 2. The Kier molecular flexibility index (Phi) is 4.63. The van der Waals surface area contributed by atoms with Crippen LogP contribution in [-0.2, 0) is 15.5 Å². The maximum absolute atomic E-state index is 11.2. The van der Waals surface area contributed by atoms with E-state index in [1.807, 2.05) is 41.3 Å². The van der Waals surface area contributed by atoms with E-state index in [1.165, 1.54) is 12.1 Å². The van der Waals surface area contributed by atoms with Gasteiger partial charge in [0, 0.05) is 29.9 Å². The van der Waals surface area contributed by atoms with Gasteiger partial charge in [-0.25, -0.2) is 0 Å². The van der Waals surface area contributed by atoms with Crippen LogP contribution in [0.4, 0.5) is 11.4 Å². The summed E-state index contributed by atoms with van der Waals surface area (Å²) >= 11 is 0. The molecule has 2 aliphatic rings. The summed E-state index contributed by atoms with van der Waals surface area (Å²) in [6.07, 6.45) is 3.91. The fourth-order valence-corrected chi connectivity index (χ4v) is 4.89. The Labute approximate surface area is 174 Å². The second-order valence-electron chi connectivity index (χ2n) is 8.04. The number of hydrogen-bond acceptors (Lipinski definition) is 6. The summed E-state index contributed by atoms with van der Waals surface area (Å²) in [5.74, 6) is 0.165. The van der Waals surface area contributed by atoms with Gasteiger partial charge < -0.3 is 9.64 Å². The first kappa shape index (κ1) is 20.4. The van der Waals surface area contributed by atoms with Crippen molar-refractivity contribution in [1.29, 1.82) is 0 Å². The van der Waals surface area contributed by atoms with Gasteiger partial charge in [-0.3, -0.25) is 14.7 Å². The van der Waals surface area contributed by atoms with E-state index in [-0.39, 0.29) is 17.9 Å². The first-order valence-electron chi connectivity index (χ1n) is 9.54. The van der Waals surface area contributed by atoms with Crippen molar-refractivity contribution in [3.05, 3.63) is 69.8 Å². The van der Waals surface area contributed by atoms with Crippen LogP contribution in [0, 0.1) is 10.1 Å². The number of nitro groups is 1. The number of ether oxygens (including phenoxy) is 1. The fraction of sp³-hybridized carbons (Fsp3) is 0.333. The molecule has 9 heteroatoms. The average molecular weight is 430 g/mol. The molecule has 0 aliphatic carbocycles. The van der Waals surface area contributed by atoms with Gasteiger partial charge >= 0.3 is 0 Å². The van der Waals surface area contributed by atoms with Gasteiger partial charge in [0.15, 0.2) is 0 Å². The molecule has 4 rings (SSSR count). The Morgan fingerprint density at radius 1 is 1.20 bits per heavy atom. The van der Waals surface area contributed by atoms with E-state index in [9.17, 15) is 18.5 Å². The third-order valence-corrected chi connectivity index (χ3v) is 6.71. The molecule has 1 N–H and O–H groups in total. The average Bonchev–Trinajstić information content (AvgIpc) is 2.85. The standard InChI is InChI=1S/C21H22N2O6S/c1-20(2)17-6-3-4-7-18(17)22(12-5-13-30(26,27)28)21(20)11-10-15-14-16(23(24)25)8-9-19(15)29-21/h3-4,6-11,14H,5,12-13H2,1-2H3,(H,26,27,28)/t21-/m1/s1. The minimum absolute atomic E-state index is 0.0167. The van der Waals surface area contributed by atoms with E-state index in [0.717, 1.165) is 11.3 Å². The topological polar surface area (TPSA) is 110 Å². The summed E-state index contributed by atoms with van der Waals surface area (Å²) < 4.78 is 38.1. The van der Waals surface area contributed by atoms with Gasteiger partial charge in [-0.1, -0.05) is 18.2 Å². The highest BCUT2D eigenvalue weighted by molar-refractivity contribution is 7.85. The lowest BCUT2D eigenvalue weighted by molar-refractivity contribution is -0.384. The smallest absolute Gasteiger partial charge is 0.270 e. The zero-order chi connectivity index (χ0) is 21.7. The van der Waals surface area contributed by atoms with E-state index < -0.39 is 26.2 Å². The van der Waals surface area contributed by atoms with Crippen molar-refractivity contribution in [3.8, 4) is 5.75 Å². The molecule has 0 saturated heterocycles. The molecule has 0 saturated carbocycles. The Balaban J connectivity index is 1.78. The predicted molar refractivity (Wildman–Crippen MR) is 113 cm³/mol. The molecule has 0 fully saturated rings. The molecule has 1 atom stereocenters. The second kappa shape index (κ2) is 6.82. The van der Waals surface area contributed by atoms with Crippen molar-refractivity contribution in [1.82, 2.24) is 0 Å². The quantitative estimate of drug-likeness (QED) is 0.437. The number of benzene rings is 2. The third kappa shape index (κ3) is 3.14. The van der Waals surface area contributed by atoms with Crippen LogP contribution in [0.15, 0.2) is 48.5 Å². The minimum Gasteiger partial charge on any atom is -0.463 e. The minimum atomic E-state index is -4.08. The first-order chi connectivity index (χ1) is 14.1. The highest BCUT2D eigenvalue weighted by Crippen LogP contribution is 2.55. The molecule has 0 aromatic heterocycles. The molecular formula is C21H22N2O6S. The zero-order valence-corrected chi connectivity index (χ0v) is 17.4. The van der Waals surface area contributed by atoms with Crippen molar-refractivity contribution in [2.45, 2.75) is 31.4 Å². The number of rotatable bonds is 5. The van der Waals surface area contributed by atoms with Crippen LogP contribution in [0.2, 0.25) is 0 Å². The predicted octanol–water partition coefficient (Wildman–Crippen LogP) is 3.77. The molecule has 1 spiro atoms. The third-order valence-electron chi connectivity index (χ3n) is 5.91. The SMILES string of the molecule is CC1(C)c2ccccc2N(CCCS(=O)(=O)O)[C@@]12C=Cc1cc([N+](=O)[O-])ccc1O2. The van der Waals surface area contributed by atoms with Crippen LogP contribution in [0.3, 0.4) is 0 Å². The van der Waals surface area contributed by atoms with Crippen LogP contribution in [0.1, 0.15) is 31.4 Å². The van der Waals surface area contributed by atoms with Gasteiger partial charge in [0.05, 0.1) is 16.1 Å². The number of hydrogen-bond donors (Lipinski definition) is 1. The highest BCUT2D eigenvalue weighted by atomic mass is 32.2. The lowest BCUT2D eigenvalue weighted by Gasteiger charge is -2.47. The molecule has 0 radical (unpaired) electrons. The largest absolute Gasteiger partial charge is 0.463 e. The Morgan fingerprint density at radius 2 is 1.93 bits per heavy atom. The molecule has 2 aromatic rings. The maximum Gasteiger partial charge on any atom is 0.270 e. The molecule has 2 heterocycles. The molecule has 2 aliphatic heterocycles. The highest BCUT2D eigenvalue weighted by Gasteiger charge is 2.58. The lowest BCUT2D eigenvalue weighted by Crippen LogP contribution is -2.59. The van der Waals surface area contributed by atoms with Crippen molar-refractivity contribution in [3.63, 3.8) is 0 Å². The van der Waals surface area contributed by atoms with Crippen molar-refractivity contribution in [2.24, 2.45) is 0 Å². The monoisotopic (exact) mass is 430 g/mol. The maximum atomic E-state index is 11.2. The Hall–Kier alpha value is -2.91. The number of anilines is 1. The van der Waals surface area contributed by atoms with Crippen LogP contribution in [0.5, 0.6) is 5.75 Å². The number of nitro benzene ring substituents is 1. The summed E-state index contributed by atoms with van der Waals surface area (Å²) in [4.78, 5) is 12.7. The summed E-state index contributed by atoms with van der Waals surface area (Å²) in [6.45, 7) is 4.44. The van der Waals surface area contributed by atoms with Crippen molar-refractivity contribution in [2.75, 3.05) is 17.2 Å². The number of non-ortho nitro benzene ring substituents is 1. The zero-order valence-electron chi connectivity index (χ0n) is 16.6. The molecule has 158 valence electrons. The van der Waals surface area contributed by atoms with E-state index in [4.69, 9.17) is 9.29 Å². The summed E-state index contributed by atoms with van der Waals surface area (Å²) in [7, 11) is -4.08. The summed E-state index contributed by atoms with van der Waals surface area (Å²) in [5.41, 5.74) is 1.12. The molecule has 8 nitrogen and oxygen atoms in total. The van der Waals surface area contributed by atoms with E-state index in [1.54, 1.807) is 6.07 Å². The van der Waals surface area contributed by atoms with Gasteiger partial charge in [-0.15, -0.1) is 0 Å². The van der Waals surface area contributed by atoms with Crippen molar-refractivity contribution >= 4 is 27.6 Å². The van der Waals surface area contributed by atoms with Gasteiger partial charge in [-0.2, -0.15) is 8.42 Å². The molecule has 0 unspecified atom stereocenters. The van der Waals surface area contributed by atoms with E-state index in [2.05, 4.69) is 13.8 Å². The van der Waals surface area contributed by atoms with Crippen molar-refractivity contribution < 1.29 is 22.6 Å². The van der Waals surface area contributed by atoms with Crippen LogP contribution >= 0.6 is 0 Å². The van der Waals surface area contributed by atoms with Crippen LogP contribution in [0.25, 0.3) is 6.08 Å². The molecule has 0 amide bonds. The number of para-hydroxylation sites is 1. The fourth-order valence-electron chi connectivity index (χ4n) is 4.40. The van der Waals surface area contributed by atoms with Gasteiger partial charge in [-0.05, 0) is 50.1 Å². The van der Waals surface area contributed by atoms with Crippen LogP contribution < -0.4 is 9.64 Å². The van der Waals surface area contributed by atoms with Gasteiger partial charge in [0.2, 0.25) is 5.72 Å². The lowest BCUT2D eigenvalue weighted by atomic mass is 9.76. The van der Waals surface area contributed by atoms with E-state index >= 15 is 0 Å². The van der Waals surface area contributed by atoms with Gasteiger partial charge in [0.1, 0.15) is 5.75 Å². The van der Waals surface area contributed by atoms with Crippen LogP contribution in [-0.4, -0.2) is 35.9 Å². The number of fused-ring (bicyclic) bond motifs is 2. The summed E-state index contributed by atoms with van der Waals surface area (Å²) in [6, 6.07) is 12.3. The molecule has 30 heavy (non-hydrogen) atoms. The molecule has 2 aromatic carbocycles.